The first-order valence-electron chi connectivity index (χ1n) is 7.02. The zero-order chi connectivity index (χ0) is 14.5. The highest BCUT2D eigenvalue weighted by Gasteiger charge is 2.03. The number of anilines is 1. The minimum absolute atomic E-state index is 0.497. The van der Waals surface area contributed by atoms with Crippen LogP contribution < -0.4 is 10.1 Å². The molecule has 0 aliphatic rings. The first-order chi connectivity index (χ1) is 10.4. The maximum absolute atomic E-state index is 5.92. The van der Waals surface area contributed by atoms with E-state index in [1.54, 1.807) is 12.4 Å². The first kappa shape index (κ1) is 13.4. The summed E-state index contributed by atoms with van der Waals surface area (Å²) in [6.45, 7) is 3.40. The summed E-state index contributed by atoms with van der Waals surface area (Å²) in [5.41, 5.74) is 1.97. The second-order valence-corrected chi connectivity index (χ2v) is 4.70. The number of benzene rings is 1. The SMILES string of the molecule is CCNc1cc(COc2cccc3cccnc23)ccn1. The molecule has 1 aromatic carbocycles. The number of ether oxygens (including phenoxy) is 1. The summed E-state index contributed by atoms with van der Waals surface area (Å²) in [6, 6.07) is 13.9. The predicted molar refractivity (Wildman–Crippen MR) is 84.5 cm³/mol. The van der Waals surface area contributed by atoms with Gasteiger partial charge in [-0.05, 0) is 36.8 Å². The molecule has 0 saturated carbocycles. The lowest BCUT2D eigenvalue weighted by atomic mass is 10.2. The summed E-state index contributed by atoms with van der Waals surface area (Å²) in [7, 11) is 0. The molecule has 0 saturated heterocycles. The van der Waals surface area contributed by atoms with Crippen molar-refractivity contribution in [3.8, 4) is 5.75 Å². The molecule has 0 atom stereocenters. The summed E-state index contributed by atoms with van der Waals surface area (Å²) >= 11 is 0. The van der Waals surface area contributed by atoms with Crippen molar-refractivity contribution in [1.82, 2.24) is 9.97 Å². The Morgan fingerprint density at radius 3 is 2.86 bits per heavy atom. The van der Waals surface area contributed by atoms with Crippen molar-refractivity contribution in [3.63, 3.8) is 0 Å². The fraction of sp³-hybridized carbons (Fsp3) is 0.176. The smallest absolute Gasteiger partial charge is 0.146 e. The number of aromatic nitrogens is 2. The van der Waals surface area contributed by atoms with Crippen molar-refractivity contribution in [2.75, 3.05) is 11.9 Å². The fourth-order valence-corrected chi connectivity index (χ4v) is 2.20. The van der Waals surface area contributed by atoms with E-state index < -0.39 is 0 Å². The van der Waals surface area contributed by atoms with Gasteiger partial charge in [-0.15, -0.1) is 0 Å². The average molecular weight is 279 g/mol. The van der Waals surface area contributed by atoms with Crippen molar-refractivity contribution < 1.29 is 4.74 Å². The molecule has 0 unspecified atom stereocenters. The summed E-state index contributed by atoms with van der Waals surface area (Å²) in [5, 5.41) is 4.28. The Hall–Kier alpha value is -2.62. The number of fused-ring (bicyclic) bond motifs is 1. The number of rotatable bonds is 5. The second kappa shape index (κ2) is 6.22. The number of para-hydroxylation sites is 1. The third-order valence-corrected chi connectivity index (χ3v) is 3.17. The van der Waals surface area contributed by atoms with Gasteiger partial charge in [-0.2, -0.15) is 0 Å². The molecule has 4 nitrogen and oxygen atoms in total. The fourth-order valence-electron chi connectivity index (χ4n) is 2.20. The number of nitrogens with zero attached hydrogens (tertiary/aromatic N) is 2. The highest BCUT2D eigenvalue weighted by molar-refractivity contribution is 5.84. The molecule has 4 heteroatoms. The zero-order valence-electron chi connectivity index (χ0n) is 11.9. The molecular weight excluding hydrogens is 262 g/mol. The molecule has 106 valence electrons. The molecule has 0 aliphatic heterocycles. The van der Waals surface area contributed by atoms with E-state index in [9.17, 15) is 0 Å². The normalized spacial score (nSPS) is 10.5. The number of nitrogens with one attached hydrogen (secondary N) is 1. The molecular formula is C17H17N3O. The van der Waals surface area contributed by atoms with Crippen LogP contribution in [-0.4, -0.2) is 16.5 Å². The third-order valence-electron chi connectivity index (χ3n) is 3.17. The van der Waals surface area contributed by atoms with Gasteiger partial charge in [0.2, 0.25) is 0 Å². The molecule has 0 aliphatic carbocycles. The second-order valence-electron chi connectivity index (χ2n) is 4.70. The van der Waals surface area contributed by atoms with E-state index in [4.69, 9.17) is 4.74 Å². The number of hydrogen-bond acceptors (Lipinski definition) is 4. The van der Waals surface area contributed by atoms with Gasteiger partial charge < -0.3 is 10.1 Å². The Morgan fingerprint density at radius 1 is 1.05 bits per heavy atom. The van der Waals surface area contributed by atoms with Crippen LogP contribution in [0.1, 0.15) is 12.5 Å². The molecule has 1 N–H and O–H groups in total. The Kier molecular flexibility index (Phi) is 3.96. The van der Waals surface area contributed by atoms with Gasteiger partial charge in [0, 0.05) is 24.3 Å². The molecule has 0 spiro atoms. The summed E-state index contributed by atoms with van der Waals surface area (Å²) in [5.74, 6) is 1.67. The average Bonchev–Trinajstić information content (AvgIpc) is 2.53. The van der Waals surface area contributed by atoms with Crippen LogP contribution in [0.5, 0.6) is 5.75 Å². The van der Waals surface area contributed by atoms with Gasteiger partial charge in [0.1, 0.15) is 23.7 Å². The third kappa shape index (κ3) is 3.11. The minimum Gasteiger partial charge on any atom is -0.487 e. The van der Waals surface area contributed by atoms with Crippen LogP contribution in [0.25, 0.3) is 10.9 Å². The van der Waals surface area contributed by atoms with E-state index in [1.165, 1.54) is 0 Å². The van der Waals surface area contributed by atoms with Gasteiger partial charge in [-0.1, -0.05) is 18.2 Å². The van der Waals surface area contributed by atoms with Gasteiger partial charge in [0.05, 0.1) is 0 Å². The van der Waals surface area contributed by atoms with Crippen LogP contribution >= 0.6 is 0 Å². The highest BCUT2D eigenvalue weighted by atomic mass is 16.5. The van der Waals surface area contributed by atoms with E-state index in [2.05, 4.69) is 15.3 Å². The summed E-state index contributed by atoms with van der Waals surface area (Å²) < 4.78 is 5.92. The molecule has 21 heavy (non-hydrogen) atoms. The lowest BCUT2D eigenvalue weighted by Gasteiger charge is -2.09. The largest absolute Gasteiger partial charge is 0.487 e. The molecule has 3 aromatic rings. The quantitative estimate of drug-likeness (QED) is 0.774. The van der Waals surface area contributed by atoms with Crippen LogP contribution in [0.15, 0.2) is 54.9 Å². The van der Waals surface area contributed by atoms with E-state index in [-0.39, 0.29) is 0 Å². The van der Waals surface area contributed by atoms with E-state index >= 15 is 0 Å². The molecule has 3 rings (SSSR count). The van der Waals surface area contributed by atoms with Crippen molar-refractivity contribution in [2.24, 2.45) is 0 Å². The predicted octanol–water partition coefficient (Wildman–Crippen LogP) is 3.64. The standard InChI is InChI=1S/C17H17N3O/c1-2-18-16-11-13(8-10-19-16)12-21-15-7-3-5-14-6-4-9-20-17(14)15/h3-11H,2,12H2,1H3,(H,18,19). The van der Waals surface area contributed by atoms with Crippen LogP contribution in [0.3, 0.4) is 0 Å². The van der Waals surface area contributed by atoms with Gasteiger partial charge in [0.25, 0.3) is 0 Å². The lowest BCUT2D eigenvalue weighted by molar-refractivity contribution is 0.309. The number of pyridine rings is 2. The highest BCUT2D eigenvalue weighted by Crippen LogP contribution is 2.24. The Bertz CT molecular complexity index is 737. The maximum atomic E-state index is 5.92. The maximum Gasteiger partial charge on any atom is 0.146 e. The monoisotopic (exact) mass is 279 g/mol. The zero-order valence-corrected chi connectivity index (χ0v) is 11.9. The molecule has 0 amide bonds. The molecule has 2 heterocycles. The van der Waals surface area contributed by atoms with Crippen LogP contribution in [0.4, 0.5) is 5.82 Å². The Labute approximate surface area is 123 Å². The van der Waals surface area contributed by atoms with Crippen LogP contribution in [-0.2, 0) is 6.61 Å². The minimum atomic E-state index is 0.497. The Morgan fingerprint density at radius 2 is 1.95 bits per heavy atom. The summed E-state index contributed by atoms with van der Waals surface area (Å²) in [6.07, 6.45) is 3.57. The lowest BCUT2D eigenvalue weighted by Crippen LogP contribution is -2.02. The van der Waals surface area contributed by atoms with Gasteiger partial charge in [-0.3, -0.25) is 4.98 Å². The van der Waals surface area contributed by atoms with Crippen molar-refractivity contribution in [3.05, 3.63) is 60.4 Å². The van der Waals surface area contributed by atoms with Crippen molar-refractivity contribution >= 4 is 16.7 Å². The molecule has 2 aromatic heterocycles. The number of hydrogen-bond donors (Lipinski definition) is 1. The topological polar surface area (TPSA) is 47.0 Å². The van der Waals surface area contributed by atoms with Crippen molar-refractivity contribution in [2.45, 2.75) is 13.5 Å². The van der Waals surface area contributed by atoms with Crippen LogP contribution in [0.2, 0.25) is 0 Å². The van der Waals surface area contributed by atoms with E-state index in [0.717, 1.165) is 34.6 Å². The summed E-state index contributed by atoms with van der Waals surface area (Å²) in [4.78, 5) is 8.65. The van der Waals surface area contributed by atoms with Gasteiger partial charge in [0.15, 0.2) is 0 Å². The van der Waals surface area contributed by atoms with Gasteiger partial charge >= 0.3 is 0 Å². The molecule has 0 bridgehead atoms. The van der Waals surface area contributed by atoms with Crippen LogP contribution in [0, 0.1) is 0 Å². The van der Waals surface area contributed by atoms with Crippen molar-refractivity contribution in [1.29, 1.82) is 0 Å². The molecule has 0 fully saturated rings. The Balaban J connectivity index is 1.79. The van der Waals surface area contributed by atoms with Gasteiger partial charge in [-0.25, -0.2) is 4.98 Å². The first-order valence-corrected chi connectivity index (χ1v) is 7.02. The van der Waals surface area contributed by atoms with E-state index in [0.29, 0.717) is 6.61 Å². The van der Waals surface area contributed by atoms with E-state index in [1.807, 2.05) is 49.4 Å². The molecule has 0 radical (unpaired) electrons.